The van der Waals surface area contributed by atoms with Crippen LogP contribution in [0.2, 0.25) is 0 Å². The van der Waals surface area contributed by atoms with Gasteiger partial charge in [0.15, 0.2) is 0 Å². The number of hydrogen-bond acceptors (Lipinski definition) is 3. The fraction of sp³-hybridized carbons (Fsp3) is 0.533. The Morgan fingerprint density at radius 2 is 2.16 bits per heavy atom. The van der Waals surface area contributed by atoms with E-state index in [4.69, 9.17) is 4.98 Å². The van der Waals surface area contributed by atoms with Crippen LogP contribution in [-0.4, -0.2) is 35.6 Å². The number of aromatic nitrogens is 2. The molecule has 2 aliphatic heterocycles. The fourth-order valence-corrected chi connectivity index (χ4v) is 3.53. The molecule has 2 aliphatic rings. The summed E-state index contributed by atoms with van der Waals surface area (Å²) in [4.78, 5) is 10.6. The first kappa shape index (κ1) is 11.3. The van der Waals surface area contributed by atoms with E-state index < -0.39 is 0 Å². The molecule has 0 aliphatic carbocycles. The van der Waals surface area contributed by atoms with Gasteiger partial charge in [0.05, 0.1) is 11.0 Å². The predicted molar refractivity (Wildman–Crippen MR) is 77.4 cm³/mol. The minimum atomic E-state index is 0.731. The molecular formula is C15H20N4. The smallest absolute Gasteiger partial charge is 0.203 e. The number of aromatic amines is 1. The number of imidazole rings is 1. The van der Waals surface area contributed by atoms with E-state index in [1.807, 2.05) is 6.07 Å². The van der Waals surface area contributed by atoms with E-state index in [1.54, 1.807) is 0 Å². The lowest BCUT2D eigenvalue weighted by molar-refractivity contribution is 0.243. The summed E-state index contributed by atoms with van der Waals surface area (Å²) < 4.78 is 0. The summed E-state index contributed by atoms with van der Waals surface area (Å²) in [6.45, 7) is 3.44. The average molecular weight is 256 g/mol. The molecule has 1 aromatic heterocycles. The monoisotopic (exact) mass is 256 g/mol. The first-order valence-corrected chi connectivity index (χ1v) is 7.33. The van der Waals surface area contributed by atoms with Gasteiger partial charge < -0.3 is 15.2 Å². The van der Waals surface area contributed by atoms with Crippen LogP contribution in [0.25, 0.3) is 11.0 Å². The van der Waals surface area contributed by atoms with Crippen LogP contribution >= 0.6 is 0 Å². The number of nitrogens with one attached hydrogen (secondary N) is 2. The molecule has 0 spiro atoms. The first-order valence-electron chi connectivity index (χ1n) is 7.33. The Morgan fingerprint density at radius 3 is 3.11 bits per heavy atom. The maximum absolute atomic E-state index is 4.72. The summed E-state index contributed by atoms with van der Waals surface area (Å²) in [6, 6.07) is 9.01. The molecule has 3 heterocycles. The zero-order chi connectivity index (χ0) is 12.7. The van der Waals surface area contributed by atoms with Crippen molar-refractivity contribution in [3.8, 4) is 0 Å². The molecule has 2 unspecified atom stereocenters. The number of fused-ring (bicyclic) bond motifs is 2. The van der Waals surface area contributed by atoms with Crippen LogP contribution < -0.4 is 10.2 Å². The number of benzene rings is 1. The fourth-order valence-electron chi connectivity index (χ4n) is 3.53. The van der Waals surface area contributed by atoms with Crippen LogP contribution in [0, 0.1) is 5.92 Å². The van der Waals surface area contributed by atoms with E-state index in [1.165, 1.54) is 25.8 Å². The zero-order valence-corrected chi connectivity index (χ0v) is 11.1. The Balaban J connectivity index is 1.58. The van der Waals surface area contributed by atoms with Gasteiger partial charge in [-0.25, -0.2) is 4.98 Å². The van der Waals surface area contributed by atoms with Crippen molar-refractivity contribution < 1.29 is 0 Å². The van der Waals surface area contributed by atoms with E-state index in [2.05, 4.69) is 33.4 Å². The average Bonchev–Trinajstić information content (AvgIpc) is 2.90. The topological polar surface area (TPSA) is 44.0 Å². The SMILES string of the molecule is c1ccc2[nH]c(N3CCC4NCCCC4C3)nc2c1. The highest BCUT2D eigenvalue weighted by molar-refractivity contribution is 5.77. The third kappa shape index (κ3) is 2.00. The highest BCUT2D eigenvalue weighted by atomic mass is 15.3. The van der Waals surface area contributed by atoms with E-state index >= 15 is 0 Å². The van der Waals surface area contributed by atoms with E-state index in [9.17, 15) is 0 Å². The van der Waals surface area contributed by atoms with Crippen molar-refractivity contribution in [3.63, 3.8) is 0 Å². The largest absolute Gasteiger partial charge is 0.342 e. The van der Waals surface area contributed by atoms with E-state index in [0.29, 0.717) is 0 Å². The van der Waals surface area contributed by atoms with Gasteiger partial charge in [0, 0.05) is 19.1 Å². The highest BCUT2D eigenvalue weighted by Crippen LogP contribution is 2.28. The van der Waals surface area contributed by atoms with Gasteiger partial charge >= 0.3 is 0 Å². The summed E-state index contributed by atoms with van der Waals surface area (Å²) in [5, 5.41) is 3.66. The van der Waals surface area contributed by atoms with Crippen LogP contribution in [0.4, 0.5) is 5.95 Å². The number of hydrogen-bond donors (Lipinski definition) is 2. The zero-order valence-electron chi connectivity index (χ0n) is 11.1. The molecule has 1 aromatic carbocycles. The number of anilines is 1. The van der Waals surface area contributed by atoms with Crippen molar-refractivity contribution in [2.24, 2.45) is 5.92 Å². The lowest BCUT2D eigenvalue weighted by Gasteiger charge is -2.41. The second-order valence-electron chi connectivity index (χ2n) is 5.78. The van der Waals surface area contributed by atoms with Crippen molar-refractivity contribution in [1.82, 2.24) is 15.3 Å². The highest BCUT2D eigenvalue weighted by Gasteiger charge is 2.31. The number of nitrogens with zero attached hydrogens (tertiary/aromatic N) is 2. The first-order chi connectivity index (χ1) is 9.40. The predicted octanol–water partition coefficient (Wildman–Crippen LogP) is 2.14. The molecule has 4 rings (SSSR count). The Hall–Kier alpha value is -1.55. The Kier molecular flexibility index (Phi) is 2.69. The molecule has 0 saturated carbocycles. The summed E-state index contributed by atoms with van der Waals surface area (Å²) >= 11 is 0. The molecule has 0 amide bonds. The van der Waals surface area contributed by atoms with E-state index in [0.717, 1.165) is 42.0 Å². The molecule has 19 heavy (non-hydrogen) atoms. The molecule has 100 valence electrons. The molecule has 4 nitrogen and oxygen atoms in total. The number of rotatable bonds is 1. The number of H-pyrrole nitrogens is 1. The second-order valence-corrected chi connectivity index (χ2v) is 5.78. The van der Waals surface area contributed by atoms with Crippen molar-refractivity contribution in [1.29, 1.82) is 0 Å². The maximum atomic E-state index is 4.72. The van der Waals surface area contributed by atoms with Crippen LogP contribution in [0.5, 0.6) is 0 Å². The van der Waals surface area contributed by atoms with Gasteiger partial charge in [-0.15, -0.1) is 0 Å². The number of piperidine rings is 2. The molecule has 0 radical (unpaired) electrons. The summed E-state index contributed by atoms with van der Waals surface area (Å²) in [5.74, 6) is 1.83. The second kappa shape index (κ2) is 4.53. The van der Waals surface area contributed by atoms with Crippen molar-refractivity contribution >= 4 is 17.0 Å². The van der Waals surface area contributed by atoms with Crippen LogP contribution in [0.1, 0.15) is 19.3 Å². The normalized spacial score (nSPS) is 27.5. The van der Waals surface area contributed by atoms with Gasteiger partial charge in [-0.2, -0.15) is 0 Å². The molecule has 2 fully saturated rings. The molecule has 2 atom stereocenters. The lowest BCUT2D eigenvalue weighted by Crippen LogP contribution is -2.52. The van der Waals surface area contributed by atoms with Crippen molar-refractivity contribution in [2.75, 3.05) is 24.5 Å². The van der Waals surface area contributed by atoms with Gasteiger partial charge in [-0.05, 0) is 43.9 Å². The Bertz CT molecular complexity index is 543. The van der Waals surface area contributed by atoms with Crippen molar-refractivity contribution in [3.05, 3.63) is 24.3 Å². The third-order valence-electron chi connectivity index (χ3n) is 4.57. The quantitative estimate of drug-likeness (QED) is 0.821. The summed E-state index contributed by atoms with van der Waals surface area (Å²) in [6.07, 6.45) is 3.91. The van der Waals surface area contributed by atoms with Gasteiger partial charge in [-0.1, -0.05) is 12.1 Å². The van der Waals surface area contributed by atoms with Gasteiger partial charge in [0.2, 0.25) is 5.95 Å². The maximum Gasteiger partial charge on any atom is 0.203 e. The third-order valence-corrected chi connectivity index (χ3v) is 4.57. The molecule has 4 heteroatoms. The van der Waals surface area contributed by atoms with Crippen molar-refractivity contribution in [2.45, 2.75) is 25.3 Å². The van der Waals surface area contributed by atoms with Crippen LogP contribution in [0.3, 0.4) is 0 Å². The molecular weight excluding hydrogens is 236 g/mol. The molecule has 0 bridgehead atoms. The van der Waals surface area contributed by atoms with Crippen LogP contribution in [0.15, 0.2) is 24.3 Å². The molecule has 2 aromatic rings. The van der Waals surface area contributed by atoms with Gasteiger partial charge in [0.1, 0.15) is 0 Å². The lowest BCUT2D eigenvalue weighted by atomic mass is 9.85. The van der Waals surface area contributed by atoms with Gasteiger partial charge in [0.25, 0.3) is 0 Å². The Morgan fingerprint density at radius 1 is 1.21 bits per heavy atom. The summed E-state index contributed by atoms with van der Waals surface area (Å²) in [7, 11) is 0. The summed E-state index contributed by atoms with van der Waals surface area (Å²) in [5.41, 5.74) is 2.21. The number of para-hydroxylation sites is 2. The van der Waals surface area contributed by atoms with Gasteiger partial charge in [-0.3, -0.25) is 0 Å². The van der Waals surface area contributed by atoms with Crippen LogP contribution in [-0.2, 0) is 0 Å². The van der Waals surface area contributed by atoms with E-state index in [-0.39, 0.29) is 0 Å². The minimum absolute atomic E-state index is 0.731. The Labute approximate surface area is 113 Å². The standard InChI is InChI=1S/C15H20N4/c1-2-6-14-13(5-1)17-15(18-14)19-9-7-12-11(10-19)4-3-8-16-12/h1-2,5-6,11-12,16H,3-4,7-10H2,(H,17,18). The molecule has 2 N–H and O–H groups in total. The minimum Gasteiger partial charge on any atom is -0.342 e. The molecule has 2 saturated heterocycles.